The Bertz CT molecular complexity index is 357. The summed E-state index contributed by atoms with van der Waals surface area (Å²) in [7, 11) is 0. The van der Waals surface area contributed by atoms with E-state index in [1.54, 1.807) is 6.08 Å². The molecule has 0 heterocycles. The van der Waals surface area contributed by atoms with Crippen LogP contribution in [0.2, 0.25) is 0 Å². The minimum atomic E-state index is 0. The molecular weight excluding hydrogens is 436 g/mol. The van der Waals surface area contributed by atoms with Crippen molar-refractivity contribution >= 4 is 12.6 Å². The molecule has 0 saturated heterocycles. The summed E-state index contributed by atoms with van der Waals surface area (Å²) in [6, 6.07) is 9.62. The van der Waals surface area contributed by atoms with Crippen molar-refractivity contribution in [3.05, 3.63) is 107 Å². The van der Waals surface area contributed by atoms with E-state index in [0.717, 1.165) is 11.3 Å². The zero-order chi connectivity index (χ0) is 19.8. The molecule has 0 atom stereocenters. The van der Waals surface area contributed by atoms with Crippen LogP contribution in [0.4, 0.5) is 0 Å². The predicted molar refractivity (Wildman–Crippen MR) is 122 cm³/mol. The van der Waals surface area contributed by atoms with Crippen molar-refractivity contribution < 1.29 is 26.2 Å². The summed E-state index contributed by atoms with van der Waals surface area (Å²) in [5.41, 5.74) is 0. The van der Waals surface area contributed by atoms with Gasteiger partial charge in [-0.2, -0.15) is 4.90 Å². The minimum Gasteiger partial charge on any atom is -0.780 e. The van der Waals surface area contributed by atoms with Gasteiger partial charge in [-0.1, -0.05) is 82.2 Å². The number of hydrogen-bond donors (Lipinski definition) is 0. The van der Waals surface area contributed by atoms with Crippen LogP contribution in [0.25, 0.3) is 0 Å². The molecule has 0 N–H and O–H groups in total. The van der Waals surface area contributed by atoms with Crippen LogP contribution >= 0.6 is 0 Å². The van der Waals surface area contributed by atoms with Crippen LogP contribution in [0.1, 0.15) is 51.9 Å². The second-order valence-electron chi connectivity index (χ2n) is 6.03. The van der Waals surface area contributed by atoms with Crippen LogP contribution in [-0.4, -0.2) is 0 Å². The number of hydrogen-bond acceptors (Lipinski definition) is 1. The van der Waals surface area contributed by atoms with E-state index < -0.39 is 0 Å². The summed E-state index contributed by atoms with van der Waals surface area (Å²) in [4.78, 5) is 0.905. The van der Waals surface area contributed by atoms with E-state index in [-0.39, 0.29) is 26.2 Å². The zero-order valence-electron chi connectivity index (χ0n) is 17.2. The fourth-order valence-corrected chi connectivity index (χ4v) is 2.26. The second-order valence-corrected chi connectivity index (χ2v) is 6.50. The molecule has 1 aromatic rings. The SMILES string of the molecule is [CH-]=CCCCCCCCC.[CH]1[CH][CH][CH][CH]1.[CH]1[CH][CH][CH][CH]1.[S-]c1ccccc1.[Zr+4]. The third kappa shape index (κ3) is 26.1. The summed E-state index contributed by atoms with van der Waals surface area (Å²) in [6.45, 7) is 7.49. The minimum absolute atomic E-state index is 0. The van der Waals surface area contributed by atoms with Gasteiger partial charge in [0.1, 0.15) is 0 Å². The number of rotatable bonds is 7. The van der Waals surface area contributed by atoms with Gasteiger partial charge in [-0.3, -0.25) is 6.08 Å². The van der Waals surface area contributed by atoms with E-state index in [1.165, 1.54) is 38.5 Å². The predicted octanol–water partition coefficient (Wildman–Crippen LogP) is 7.36. The van der Waals surface area contributed by atoms with Crippen molar-refractivity contribution in [1.82, 2.24) is 0 Å². The molecule has 0 unspecified atom stereocenters. The summed E-state index contributed by atoms with van der Waals surface area (Å²) in [5, 5.41) is 0. The normalized spacial score (nSPS) is 14.2. The van der Waals surface area contributed by atoms with Crippen LogP contribution in [-0.2, 0) is 38.8 Å². The second kappa shape index (κ2) is 27.1. The van der Waals surface area contributed by atoms with Gasteiger partial charge in [0.2, 0.25) is 0 Å². The molecule has 0 aliphatic heterocycles. The Morgan fingerprint density at radius 3 is 1.39 bits per heavy atom. The van der Waals surface area contributed by atoms with Gasteiger partial charge in [-0.15, -0.1) is 0 Å². The van der Waals surface area contributed by atoms with Crippen LogP contribution in [0.3, 0.4) is 0 Å². The maximum atomic E-state index is 5.24. The summed E-state index contributed by atoms with van der Waals surface area (Å²) < 4.78 is 0. The molecule has 0 bridgehead atoms. The van der Waals surface area contributed by atoms with E-state index in [1.807, 2.05) is 94.5 Å². The summed E-state index contributed by atoms with van der Waals surface area (Å²) in [5.74, 6) is 0. The van der Waals surface area contributed by atoms with E-state index in [9.17, 15) is 0 Å². The Hall–Kier alpha value is 0.0631. The maximum Gasteiger partial charge on any atom is 4.00 e. The van der Waals surface area contributed by atoms with Gasteiger partial charge in [-0.05, 0) is 64.2 Å². The first-order valence-corrected chi connectivity index (χ1v) is 10.3. The van der Waals surface area contributed by atoms with Crippen LogP contribution in [0.15, 0.2) is 41.3 Å². The van der Waals surface area contributed by atoms with E-state index >= 15 is 0 Å². The molecule has 3 rings (SSSR count). The molecule has 2 heteroatoms. The number of benzene rings is 1. The van der Waals surface area contributed by atoms with Gasteiger partial charge in [0.15, 0.2) is 0 Å². The first-order chi connectivity index (χ1) is 13.3. The van der Waals surface area contributed by atoms with Crippen molar-refractivity contribution in [2.45, 2.75) is 56.8 Å². The molecule has 2 aliphatic carbocycles. The van der Waals surface area contributed by atoms with Gasteiger partial charge in [-0.25, -0.2) is 0 Å². The van der Waals surface area contributed by atoms with Crippen molar-refractivity contribution in [2.24, 2.45) is 0 Å². The zero-order valence-corrected chi connectivity index (χ0v) is 20.4. The van der Waals surface area contributed by atoms with Gasteiger partial charge >= 0.3 is 26.2 Å². The monoisotopic (exact) mass is 468 g/mol. The number of unbranched alkanes of at least 4 members (excludes halogenated alkanes) is 6. The molecular formula is C26H34SZr+2. The van der Waals surface area contributed by atoms with Crippen molar-refractivity contribution in [3.8, 4) is 0 Å². The molecule has 0 spiro atoms. The Balaban J connectivity index is 0. The Kier molecular flexibility index (Phi) is 29.2. The van der Waals surface area contributed by atoms with E-state index in [0.29, 0.717) is 0 Å². The molecule has 0 amide bonds. The average molecular weight is 470 g/mol. The first-order valence-electron chi connectivity index (χ1n) is 9.90. The number of allylic oxidation sites excluding steroid dienone is 1. The molecule has 146 valence electrons. The van der Waals surface area contributed by atoms with Gasteiger partial charge < -0.3 is 19.2 Å². The molecule has 2 aliphatic rings. The van der Waals surface area contributed by atoms with Gasteiger partial charge in [0.25, 0.3) is 0 Å². The fourth-order valence-electron chi connectivity index (χ4n) is 2.10. The smallest absolute Gasteiger partial charge is 0.780 e. The Morgan fingerprint density at radius 2 is 1.07 bits per heavy atom. The molecule has 1 aromatic carbocycles. The largest absolute Gasteiger partial charge is 4.00 e. The van der Waals surface area contributed by atoms with Crippen LogP contribution in [0, 0.1) is 70.8 Å². The van der Waals surface area contributed by atoms with E-state index in [2.05, 4.69) is 6.92 Å². The standard InChI is InChI=1S/C10H19.C6H6S.2C5H5.Zr/c1-3-5-7-9-10-8-6-4-2;7-6-4-2-1-3-5-6;2*1-2-4-5-3-1;/h1,3H,4-10H2,2H3;1-5,7H;2*1-5H;/q-1;;;;+4/p-1. The third-order valence-electron chi connectivity index (χ3n) is 3.58. The topological polar surface area (TPSA) is 0 Å². The Morgan fingerprint density at radius 1 is 0.679 bits per heavy atom. The molecule has 28 heavy (non-hydrogen) atoms. The summed E-state index contributed by atoms with van der Waals surface area (Å²) in [6.07, 6.45) is 31.0. The first kappa shape index (κ1) is 30.3. The summed E-state index contributed by atoms with van der Waals surface area (Å²) >= 11 is 4.81. The molecule has 2 fully saturated rings. The van der Waals surface area contributed by atoms with Gasteiger partial charge in [0.05, 0.1) is 0 Å². The van der Waals surface area contributed by atoms with Crippen molar-refractivity contribution in [1.29, 1.82) is 0 Å². The molecule has 2 saturated carbocycles. The van der Waals surface area contributed by atoms with Crippen molar-refractivity contribution in [3.63, 3.8) is 0 Å². The van der Waals surface area contributed by atoms with E-state index in [4.69, 9.17) is 19.2 Å². The van der Waals surface area contributed by atoms with Crippen molar-refractivity contribution in [2.75, 3.05) is 0 Å². The third-order valence-corrected chi connectivity index (χ3v) is 3.85. The Labute approximate surface area is 201 Å². The molecule has 0 aromatic heterocycles. The quantitative estimate of drug-likeness (QED) is 0.228. The molecule has 0 nitrogen and oxygen atoms in total. The maximum absolute atomic E-state index is 5.24. The van der Waals surface area contributed by atoms with Crippen LogP contribution in [0.5, 0.6) is 0 Å². The van der Waals surface area contributed by atoms with Gasteiger partial charge in [0, 0.05) is 0 Å². The molecule has 10 radical (unpaired) electrons. The average Bonchev–Trinajstić information content (AvgIpc) is 3.45. The van der Waals surface area contributed by atoms with Crippen LogP contribution < -0.4 is 0 Å². The fraction of sp³-hybridized carbons (Fsp3) is 0.308.